The normalized spacial score (nSPS) is 15.8. The van der Waals surface area contributed by atoms with Crippen LogP contribution in [0.5, 0.6) is 0 Å². The predicted octanol–water partition coefficient (Wildman–Crippen LogP) is 4.19. The van der Waals surface area contributed by atoms with Gasteiger partial charge in [-0.2, -0.15) is 0 Å². The Kier molecular flexibility index (Phi) is 5.40. The molecule has 3 heterocycles. The van der Waals surface area contributed by atoms with Crippen molar-refractivity contribution in [2.45, 2.75) is 51.2 Å². The summed E-state index contributed by atoms with van der Waals surface area (Å²) >= 11 is 6.23. The van der Waals surface area contributed by atoms with Crippen molar-refractivity contribution in [2.24, 2.45) is 0 Å². The Bertz CT molecular complexity index is 1530. The van der Waals surface area contributed by atoms with Gasteiger partial charge in [-0.15, -0.1) is 0 Å². The highest BCUT2D eigenvalue weighted by molar-refractivity contribution is 7.90. The first-order chi connectivity index (χ1) is 15.7. The molecule has 174 valence electrons. The van der Waals surface area contributed by atoms with Gasteiger partial charge in [-0.05, 0) is 62.9 Å². The van der Waals surface area contributed by atoms with Crippen molar-refractivity contribution in [1.29, 1.82) is 0 Å². The van der Waals surface area contributed by atoms with Crippen LogP contribution in [0.2, 0.25) is 5.02 Å². The van der Waals surface area contributed by atoms with Crippen molar-refractivity contribution in [3.8, 4) is 0 Å². The molecule has 1 aromatic carbocycles. The molecule has 0 bridgehead atoms. The topological polar surface area (TPSA) is 78.9 Å². The van der Waals surface area contributed by atoms with Gasteiger partial charge >= 0.3 is 5.69 Å². The molecule has 33 heavy (non-hydrogen) atoms. The second-order valence-electron chi connectivity index (χ2n) is 9.39. The van der Waals surface area contributed by atoms with Crippen molar-refractivity contribution in [3.05, 3.63) is 63.9 Å². The van der Waals surface area contributed by atoms with E-state index >= 15 is 0 Å². The van der Waals surface area contributed by atoms with Crippen molar-refractivity contribution in [2.75, 3.05) is 12.0 Å². The summed E-state index contributed by atoms with van der Waals surface area (Å²) in [6, 6.07) is 9.64. The van der Waals surface area contributed by atoms with E-state index in [1.54, 1.807) is 17.0 Å². The second-order valence-corrected chi connectivity index (χ2v) is 12.1. The van der Waals surface area contributed by atoms with Crippen LogP contribution in [0.1, 0.15) is 38.3 Å². The third kappa shape index (κ3) is 3.99. The van der Waals surface area contributed by atoms with E-state index in [4.69, 9.17) is 11.6 Å². The van der Waals surface area contributed by atoms with E-state index < -0.39 is 9.84 Å². The zero-order chi connectivity index (χ0) is 23.4. The van der Waals surface area contributed by atoms with Crippen LogP contribution >= 0.6 is 11.6 Å². The first-order valence-corrected chi connectivity index (χ1v) is 13.6. The van der Waals surface area contributed by atoms with Crippen LogP contribution in [-0.4, -0.2) is 39.1 Å². The highest BCUT2D eigenvalue weighted by atomic mass is 35.5. The standard InChI is InChI=1S/C24H27ClN4O3S/c1-24(8-3-9-24)29-21-7-10-26-15-22(21)28(23(29)30)16-19-14-17-13-18(25)5-6-20(17)27(19)11-4-12-33(2,31)32/h5-7,10,13-15H,3-4,8-9,11-12,16H2,1-2H3. The minimum absolute atomic E-state index is 0.0359. The average molecular weight is 487 g/mol. The van der Waals surface area contributed by atoms with E-state index in [0.29, 0.717) is 24.5 Å². The van der Waals surface area contributed by atoms with Crippen molar-refractivity contribution >= 4 is 43.4 Å². The fourth-order valence-corrected chi connectivity index (χ4v) is 5.86. The maximum Gasteiger partial charge on any atom is 0.330 e. The first-order valence-electron chi connectivity index (χ1n) is 11.2. The van der Waals surface area contributed by atoms with E-state index in [0.717, 1.165) is 46.9 Å². The summed E-state index contributed by atoms with van der Waals surface area (Å²) in [6.45, 7) is 3.05. The number of hydrogen-bond acceptors (Lipinski definition) is 4. The molecular weight excluding hydrogens is 460 g/mol. The van der Waals surface area contributed by atoms with Gasteiger partial charge in [-0.3, -0.25) is 14.1 Å². The van der Waals surface area contributed by atoms with Crippen LogP contribution in [0.4, 0.5) is 0 Å². The lowest BCUT2D eigenvalue weighted by molar-refractivity contribution is 0.168. The van der Waals surface area contributed by atoms with E-state index in [-0.39, 0.29) is 17.0 Å². The number of aromatic nitrogens is 4. The number of aryl methyl sites for hydroxylation is 1. The van der Waals surface area contributed by atoms with E-state index in [1.807, 2.05) is 34.9 Å². The lowest BCUT2D eigenvalue weighted by Gasteiger charge is -2.39. The van der Waals surface area contributed by atoms with Crippen LogP contribution in [0.25, 0.3) is 21.9 Å². The lowest BCUT2D eigenvalue weighted by atomic mass is 9.78. The summed E-state index contributed by atoms with van der Waals surface area (Å²) < 4.78 is 29.2. The number of sulfone groups is 1. The number of pyridine rings is 1. The summed E-state index contributed by atoms with van der Waals surface area (Å²) in [5.41, 5.74) is 3.42. The zero-order valence-corrected chi connectivity index (χ0v) is 20.4. The maximum absolute atomic E-state index is 13.6. The molecule has 0 saturated heterocycles. The predicted molar refractivity (Wildman–Crippen MR) is 132 cm³/mol. The average Bonchev–Trinajstić information content (AvgIpc) is 3.20. The number of benzene rings is 1. The van der Waals surface area contributed by atoms with Crippen molar-refractivity contribution in [3.63, 3.8) is 0 Å². The molecule has 1 fully saturated rings. The van der Waals surface area contributed by atoms with E-state index in [9.17, 15) is 13.2 Å². The number of hydrogen-bond donors (Lipinski definition) is 0. The fraction of sp³-hybridized carbons (Fsp3) is 0.417. The summed E-state index contributed by atoms with van der Waals surface area (Å²) in [7, 11) is -3.06. The van der Waals surface area contributed by atoms with Crippen LogP contribution in [0.15, 0.2) is 47.5 Å². The van der Waals surface area contributed by atoms with Gasteiger partial charge in [0.2, 0.25) is 0 Å². The molecule has 0 atom stereocenters. The molecule has 1 aliphatic rings. The SMILES string of the molecule is CC1(n2c(=O)n(Cc3cc4cc(Cl)ccc4n3CCCS(C)(=O)=O)c3cnccc32)CCC1. The van der Waals surface area contributed by atoms with E-state index in [2.05, 4.69) is 16.5 Å². The largest absolute Gasteiger partial charge is 0.343 e. The Morgan fingerprint density at radius 2 is 1.88 bits per heavy atom. The molecule has 0 N–H and O–H groups in total. The zero-order valence-electron chi connectivity index (χ0n) is 18.8. The Labute approximate surface area is 197 Å². The van der Waals surface area contributed by atoms with Gasteiger partial charge < -0.3 is 4.57 Å². The summed E-state index contributed by atoms with van der Waals surface area (Å²) in [5, 5.41) is 1.61. The molecule has 0 amide bonds. The molecule has 1 saturated carbocycles. The molecule has 7 nitrogen and oxygen atoms in total. The smallest absolute Gasteiger partial charge is 0.330 e. The number of nitrogens with zero attached hydrogens (tertiary/aromatic N) is 4. The molecule has 4 aromatic rings. The minimum atomic E-state index is -3.06. The number of halogens is 1. The van der Waals surface area contributed by atoms with Gasteiger partial charge in [-0.1, -0.05) is 11.6 Å². The molecular formula is C24H27ClN4O3S. The number of imidazole rings is 1. The Morgan fingerprint density at radius 1 is 1.09 bits per heavy atom. The van der Waals surface area contributed by atoms with Gasteiger partial charge in [0.1, 0.15) is 9.84 Å². The highest BCUT2D eigenvalue weighted by Crippen LogP contribution is 2.39. The third-order valence-corrected chi connectivity index (χ3v) is 8.13. The molecule has 0 aliphatic heterocycles. The van der Waals surface area contributed by atoms with Crippen LogP contribution < -0.4 is 5.69 Å². The van der Waals surface area contributed by atoms with Gasteiger partial charge in [0.25, 0.3) is 0 Å². The van der Waals surface area contributed by atoms with Crippen LogP contribution in [0.3, 0.4) is 0 Å². The second kappa shape index (κ2) is 8.02. The van der Waals surface area contributed by atoms with Gasteiger partial charge in [-0.25, -0.2) is 13.2 Å². The summed E-state index contributed by atoms with van der Waals surface area (Å²) in [6.07, 6.45) is 8.32. The quantitative estimate of drug-likeness (QED) is 0.392. The fourth-order valence-electron chi connectivity index (χ4n) is 5.03. The van der Waals surface area contributed by atoms with Crippen molar-refractivity contribution in [1.82, 2.24) is 18.7 Å². The van der Waals surface area contributed by atoms with Gasteiger partial charge in [0.15, 0.2) is 0 Å². The molecule has 5 rings (SSSR count). The van der Waals surface area contributed by atoms with Gasteiger partial charge in [0, 0.05) is 46.2 Å². The molecule has 0 radical (unpaired) electrons. The van der Waals surface area contributed by atoms with Crippen LogP contribution in [0, 0.1) is 0 Å². The molecule has 0 spiro atoms. The first kappa shape index (κ1) is 22.2. The molecule has 0 unspecified atom stereocenters. The lowest BCUT2D eigenvalue weighted by Crippen LogP contribution is -2.44. The molecule has 9 heteroatoms. The monoisotopic (exact) mass is 486 g/mol. The summed E-state index contributed by atoms with van der Waals surface area (Å²) in [5.74, 6) is 0.112. The summed E-state index contributed by atoms with van der Waals surface area (Å²) in [4.78, 5) is 17.9. The van der Waals surface area contributed by atoms with Gasteiger partial charge in [0.05, 0.1) is 29.5 Å². The third-order valence-electron chi connectivity index (χ3n) is 6.87. The molecule has 3 aromatic heterocycles. The number of rotatable bonds is 7. The Balaban J connectivity index is 1.62. The minimum Gasteiger partial charge on any atom is -0.343 e. The van der Waals surface area contributed by atoms with E-state index in [1.165, 1.54) is 6.26 Å². The Hall–Kier alpha value is -2.58. The number of fused-ring (bicyclic) bond motifs is 2. The van der Waals surface area contributed by atoms with Crippen molar-refractivity contribution < 1.29 is 8.42 Å². The highest BCUT2D eigenvalue weighted by Gasteiger charge is 2.37. The Morgan fingerprint density at radius 3 is 2.58 bits per heavy atom. The van der Waals surface area contributed by atoms with Crippen LogP contribution in [-0.2, 0) is 28.5 Å². The molecule has 1 aliphatic carbocycles. The maximum atomic E-state index is 13.6.